The molecule has 0 aliphatic rings. The third kappa shape index (κ3) is 5.59. The largest absolute Gasteiger partial charge is 0.299 e. The Labute approximate surface area is 73.0 Å². The number of hydrogen-bond acceptors (Lipinski definition) is 2. The molecule has 0 amide bonds. The fraction of sp³-hybridized carbons (Fsp3) is 0.400. The Kier molecular flexibility index (Phi) is 5.88. The summed E-state index contributed by atoms with van der Waals surface area (Å²) >= 11 is 0. The zero-order chi connectivity index (χ0) is 9.40. The average Bonchev–Trinajstić information content (AvgIpc) is 2.04. The Morgan fingerprint density at radius 1 is 1.25 bits per heavy atom. The third-order valence-electron chi connectivity index (χ3n) is 1.54. The lowest BCUT2D eigenvalue weighted by Crippen LogP contribution is -1.80. The van der Waals surface area contributed by atoms with Gasteiger partial charge in [0.1, 0.15) is 12.6 Å². The molecule has 2 nitrogen and oxygen atoms in total. The molecule has 0 radical (unpaired) electrons. The van der Waals surface area contributed by atoms with E-state index in [-0.39, 0.29) is 0 Å². The second kappa shape index (κ2) is 6.53. The first-order valence-corrected chi connectivity index (χ1v) is 3.93. The maximum atomic E-state index is 10.2. The van der Waals surface area contributed by atoms with Crippen LogP contribution in [-0.2, 0) is 9.59 Å². The summed E-state index contributed by atoms with van der Waals surface area (Å²) in [4.78, 5) is 20.2. The minimum Gasteiger partial charge on any atom is -0.299 e. The Morgan fingerprint density at radius 3 is 2.42 bits per heavy atom. The summed E-state index contributed by atoms with van der Waals surface area (Å²) in [6.45, 7) is 3.67. The van der Waals surface area contributed by atoms with Crippen LogP contribution in [0.3, 0.4) is 0 Å². The number of carbonyl (C=O) groups is 2. The zero-order valence-corrected chi connectivity index (χ0v) is 7.54. The van der Waals surface area contributed by atoms with E-state index in [9.17, 15) is 9.59 Å². The minimum absolute atomic E-state index is 0.744. The molecule has 0 rings (SSSR count). The molecule has 0 atom stereocenters. The summed E-state index contributed by atoms with van der Waals surface area (Å²) < 4.78 is 0. The van der Waals surface area contributed by atoms with Crippen LogP contribution in [0.4, 0.5) is 0 Å². The first-order valence-electron chi connectivity index (χ1n) is 3.93. The van der Waals surface area contributed by atoms with Crippen molar-refractivity contribution in [1.82, 2.24) is 0 Å². The first kappa shape index (κ1) is 10.8. The second-order valence-corrected chi connectivity index (χ2v) is 2.75. The van der Waals surface area contributed by atoms with Crippen molar-refractivity contribution in [2.75, 3.05) is 0 Å². The van der Waals surface area contributed by atoms with Gasteiger partial charge in [0.15, 0.2) is 0 Å². The standard InChI is InChI=1S/C10H14O2/c1-9(6-7-11)4-3-5-10(2)8-12/h5-8H,3-4H2,1-2H3/b9-6+,10-5?. The van der Waals surface area contributed by atoms with Crippen molar-refractivity contribution in [2.45, 2.75) is 26.7 Å². The summed E-state index contributed by atoms with van der Waals surface area (Å²) in [5.41, 5.74) is 1.79. The highest BCUT2D eigenvalue weighted by Crippen LogP contribution is 2.04. The summed E-state index contributed by atoms with van der Waals surface area (Å²) in [5, 5.41) is 0. The molecule has 0 aromatic heterocycles. The molecule has 0 heterocycles. The smallest absolute Gasteiger partial charge is 0.145 e. The molecule has 12 heavy (non-hydrogen) atoms. The van der Waals surface area contributed by atoms with Gasteiger partial charge in [-0.2, -0.15) is 0 Å². The lowest BCUT2D eigenvalue weighted by atomic mass is 10.1. The summed E-state index contributed by atoms with van der Waals surface area (Å²) in [7, 11) is 0. The van der Waals surface area contributed by atoms with E-state index < -0.39 is 0 Å². The molecule has 0 N–H and O–H groups in total. The highest BCUT2D eigenvalue weighted by molar-refractivity contribution is 5.71. The summed E-state index contributed by atoms with van der Waals surface area (Å²) in [6, 6.07) is 0. The minimum atomic E-state index is 0.744. The van der Waals surface area contributed by atoms with Crippen LogP contribution in [0.5, 0.6) is 0 Å². The lowest BCUT2D eigenvalue weighted by molar-refractivity contribution is -0.105. The monoisotopic (exact) mass is 166 g/mol. The summed E-state index contributed by atoms with van der Waals surface area (Å²) in [6.07, 6.45) is 6.69. The van der Waals surface area contributed by atoms with Gasteiger partial charge in [-0.3, -0.25) is 9.59 Å². The summed E-state index contributed by atoms with van der Waals surface area (Å²) in [5.74, 6) is 0. The van der Waals surface area contributed by atoms with Crippen LogP contribution in [0.2, 0.25) is 0 Å². The number of aldehydes is 2. The Hall–Kier alpha value is -1.18. The van der Waals surface area contributed by atoms with E-state index in [1.54, 1.807) is 13.0 Å². The van der Waals surface area contributed by atoms with E-state index in [4.69, 9.17) is 0 Å². The van der Waals surface area contributed by atoms with Gasteiger partial charge in [0.05, 0.1) is 0 Å². The number of allylic oxidation sites excluding steroid dienone is 4. The fourth-order valence-electron chi connectivity index (χ4n) is 0.775. The molecular weight excluding hydrogens is 152 g/mol. The van der Waals surface area contributed by atoms with Crippen molar-refractivity contribution in [3.63, 3.8) is 0 Å². The molecule has 0 aromatic carbocycles. The van der Waals surface area contributed by atoms with E-state index in [1.165, 1.54) is 0 Å². The van der Waals surface area contributed by atoms with Crippen molar-refractivity contribution in [1.29, 1.82) is 0 Å². The number of carbonyl (C=O) groups excluding carboxylic acids is 2. The molecule has 0 spiro atoms. The van der Waals surface area contributed by atoms with Crippen molar-refractivity contribution < 1.29 is 9.59 Å². The number of rotatable bonds is 5. The van der Waals surface area contributed by atoms with Gasteiger partial charge < -0.3 is 0 Å². The normalized spacial score (nSPS) is 12.8. The fourth-order valence-corrected chi connectivity index (χ4v) is 0.775. The van der Waals surface area contributed by atoms with Crippen molar-refractivity contribution >= 4 is 12.6 Å². The zero-order valence-electron chi connectivity index (χ0n) is 7.54. The van der Waals surface area contributed by atoms with Gasteiger partial charge in [0, 0.05) is 0 Å². The Morgan fingerprint density at radius 2 is 1.92 bits per heavy atom. The van der Waals surface area contributed by atoms with Gasteiger partial charge >= 0.3 is 0 Å². The molecule has 2 heteroatoms. The molecule has 0 aliphatic carbocycles. The van der Waals surface area contributed by atoms with Crippen molar-refractivity contribution in [3.8, 4) is 0 Å². The number of hydrogen-bond donors (Lipinski definition) is 0. The van der Waals surface area contributed by atoms with Crippen molar-refractivity contribution in [3.05, 3.63) is 23.3 Å². The van der Waals surface area contributed by atoms with Crippen LogP contribution < -0.4 is 0 Å². The van der Waals surface area contributed by atoms with Crippen LogP contribution in [0, 0.1) is 0 Å². The van der Waals surface area contributed by atoms with Crippen LogP contribution in [-0.4, -0.2) is 12.6 Å². The predicted molar refractivity (Wildman–Crippen MR) is 48.9 cm³/mol. The molecular formula is C10H14O2. The quantitative estimate of drug-likeness (QED) is 0.462. The van der Waals surface area contributed by atoms with E-state index in [0.717, 1.165) is 36.6 Å². The van der Waals surface area contributed by atoms with E-state index in [2.05, 4.69) is 0 Å². The highest BCUT2D eigenvalue weighted by Gasteiger charge is 1.88. The Bertz CT molecular complexity index is 212. The maximum Gasteiger partial charge on any atom is 0.145 e. The third-order valence-corrected chi connectivity index (χ3v) is 1.54. The average molecular weight is 166 g/mol. The molecule has 0 saturated heterocycles. The van der Waals surface area contributed by atoms with Crippen LogP contribution in [0.25, 0.3) is 0 Å². The lowest BCUT2D eigenvalue weighted by Gasteiger charge is -1.94. The van der Waals surface area contributed by atoms with Gasteiger partial charge in [-0.05, 0) is 38.3 Å². The predicted octanol–water partition coefficient (Wildman–Crippen LogP) is 2.06. The van der Waals surface area contributed by atoms with Gasteiger partial charge in [0.2, 0.25) is 0 Å². The van der Waals surface area contributed by atoms with E-state index >= 15 is 0 Å². The van der Waals surface area contributed by atoms with Crippen LogP contribution >= 0.6 is 0 Å². The molecule has 66 valence electrons. The Balaban J connectivity index is 3.76. The van der Waals surface area contributed by atoms with Crippen LogP contribution in [0.1, 0.15) is 26.7 Å². The van der Waals surface area contributed by atoms with Gasteiger partial charge in [-0.1, -0.05) is 11.6 Å². The topological polar surface area (TPSA) is 34.1 Å². The molecule has 0 aromatic rings. The molecule has 0 aliphatic heterocycles. The van der Waals surface area contributed by atoms with E-state index in [1.807, 2.05) is 13.0 Å². The first-order chi connectivity index (χ1) is 5.70. The SMILES string of the molecule is CC(C=O)=CCC/C(C)=C/C=O. The molecule has 0 unspecified atom stereocenters. The van der Waals surface area contributed by atoms with Gasteiger partial charge in [-0.25, -0.2) is 0 Å². The van der Waals surface area contributed by atoms with Crippen molar-refractivity contribution in [2.24, 2.45) is 0 Å². The second-order valence-electron chi connectivity index (χ2n) is 2.75. The maximum absolute atomic E-state index is 10.2. The molecule has 0 fully saturated rings. The van der Waals surface area contributed by atoms with Crippen LogP contribution in [0.15, 0.2) is 23.3 Å². The molecule has 0 bridgehead atoms. The van der Waals surface area contributed by atoms with Gasteiger partial charge in [-0.15, -0.1) is 0 Å². The molecule has 0 saturated carbocycles. The van der Waals surface area contributed by atoms with Gasteiger partial charge in [0.25, 0.3) is 0 Å². The van der Waals surface area contributed by atoms with E-state index in [0.29, 0.717) is 0 Å². The highest BCUT2D eigenvalue weighted by atomic mass is 16.1.